The van der Waals surface area contributed by atoms with Gasteiger partial charge in [-0.15, -0.1) is 0 Å². The summed E-state index contributed by atoms with van der Waals surface area (Å²) in [6, 6.07) is 0. The average molecular weight is 181 g/mol. The number of unbranched alkanes of at least 4 members (excludes halogenated alkanes) is 3. The topological polar surface area (TPSA) is 0 Å². The van der Waals surface area contributed by atoms with Crippen molar-refractivity contribution in [3.8, 4) is 0 Å². The van der Waals surface area contributed by atoms with Crippen LogP contribution in [0.3, 0.4) is 0 Å². The molecule has 0 aromatic carbocycles. The largest absolute Gasteiger partial charge is 0.343 e. The molecule has 0 amide bonds. The molecule has 0 heterocycles. The molecule has 0 rings (SSSR count). The predicted octanol–water partition coefficient (Wildman–Crippen LogP) is 2.40. The first-order valence-corrected chi connectivity index (χ1v) is 2.71. The van der Waals surface area contributed by atoms with Crippen molar-refractivity contribution in [1.29, 1.82) is 0 Å². The van der Waals surface area contributed by atoms with Gasteiger partial charge in [-0.2, -0.15) is 6.42 Å². The van der Waals surface area contributed by atoms with Gasteiger partial charge in [-0.3, -0.25) is 0 Å². The SMILES string of the molecule is [CH2-]CCCCC.[Mo]. The zero-order valence-electron chi connectivity index (χ0n) is 4.94. The molecule has 44 valence electrons. The summed E-state index contributed by atoms with van der Waals surface area (Å²) in [5.41, 5.74) is 0. The van der Waals surface area contributed by atoms with Crippen molar-refractivity contribution in [3.63, 3.8) is 0 Å². The van der Waals surface area contributed by atoms with Crippen molar-refractivity contribution < 1.29 is 21.1 Å². The van der Waals surface area contributed by atoms with Crippen molar-refractivity contribution in [1.82, 2.24) is 0 Å². The van der Waals surface area contributed by atoms with Gasteiger partial charge in [-0.1, -0.05) is 26.2 Å². The second-order valence-electron chi connectivity index (χ2n) is 1.56. The molecule has 0 aromatic rings. The van der Waals surface area contributed by atoms with E-state index >= 15 is 0 Å². The molecular formula is C6H13Mo-. The summed E-state index contributed by atoms with van der Waals surface area (Å²) < 4.78 is 0. The minimum absolute atomic E-state index is 0. The first kappa shape index (κ1) is 10.6. The molecule has 1 heteroatoms. The number of rotatable bonds is 3. The van der Waals surface area contributed by atoms with E-state index in [4.69, 9.17) is 0 Å². The Morgan fingerprint density at radius 1 is 1.29 bits per heavy atom. The van der Waals surface area contributed by atoms with E-state index in [9.17, 15) is 0 Å². The van der Waals surface area contributed by atoms with E-state index in [0.717, 1.165) is 6.42 Å². The molecule has 0 saturated carbocycles. The van der Waals surface area contributed by atoms with Crippen LogP contribution in [0.15, 0.2) is 0 Å². The van der Waals surface area contributed by atoms with Gasteiger partial charge >= 0.3 is 0 Å². The number of hydrogen-bond acceptors (Lipinski definition) is 0. The Morgan fingerprint density at radius 2 is 1.86 bits per heavy atom. The molecule has 0 atom stereocenters. The molecule has 0 aliphatic carbocycles. The molecule has 0 aromatic heterocycles. The van der Waals surface area contributed by atoms with Crippen LogP contribution in [-0.4, -0.2) is 0 Å². The molecular weight excluding hydrogens is 168 g/mol. The third-order valence-electron chi connectivity index (χ3n) is 0.854. The second-order valence-corrected chi connectivity index (χ2v) is 1.56. The summed E-state index contributed by atoms with van der Waals surface area (Å²) in [4.78, 5) is 0. The summed E-state index contributed by atoms with van der Waals surface area (Å²) in [5, 5.41) is 0. The summed E-state index contributed by atoms with van der Waals surface area (Å²) in [6.07, 6.45) is 5.07. The molecule has 0 fully saturated rings. The van der Waals surface area contributed by atoms with Crippen molar-refractivity contribution in [2.24, 2.45) is 0 Å². The van der Waals surface area contributed by atoms with Crippen LogP contribution in [0.4, 0.5) is 0 Å². The summed E-state index contributed by atoms with van der Waals surface area (Å²) in [5.74, 6) is 0. The Hall–Kier alpha value is 0.688. The Kier molecular flexibility index (Phi) is 15.0. The van der Waals surface area contributed by atoms with Crippen molar-refractivity contribution in [3.05, 3.63) is 6.92 Å². The van der Waals surface area contributed by atoms with Gasteiger partial charge in [0.1, 0.15) is 0 Å². The standard InChI is InChI=1S/C6H13.Mo/c1-3-5-6-4-2;/h1,3-6H2,2H3;/q-1;. The first-order chi connectivity index (χ1) is 2.91. The molecule has 0 radical (unpaired) electrons. The normalized spacial score (nSPS) is 7.71. The Bertz CT molecular complexity index is 16.1. The van der Waals surface area contributed by atoms with Crippen LogP contribution >= 0.6 is 0 Å². The smallest absolute Gasteiger partial charge is 0 e. The van der Waals surface area contributed by atoms with Crippen LogP contribution in [0.25, 0.3) is 0 Å². The molecule has 0 N–H and O–H groups in total. The fraction of sp³-hybridized carbons (Fsp3) is 0.833. The van der Waals surface area contributed by atoms with Gasteiger partial charge in [0.15, 0.2) is 0 Å². The van der Waals surface area contributed by atoms with E-state index in [-0.39, 0.29) is 21.1 Å². The molecule has 0 bridgehead atoms. The maximum absolute atomic E-state index is 3.72. The van der Waals surface area contributed by atoms with Crippen LogP contribution in [0, 0.1) is 6.92 Å². The van der Waals surface area contributed by atoms with E-state index in [1.807, 2.05) is 0 Å². The van der Waals surface area contributed by atoms with E-state index in [1.54, 1.807) is 0 Å². The summed E-state index contributed by atoms with van der Waals surface area (Å²) in [7, 11) is 0. The maximum atomic E-state index is 3.72. The number of hydrogen-bond donors (Lipinski definition) is 0. The van der Waals surface area contributed by atoms with Crippen LogP contribution in [0.2, 0.25) is 0 Å². The van der Waals surface area contributed by atoms with Crippen LogP contribution in [0.1, 0.15) is 32.6 Å². The van der Waals surface area contributed by atoms with Crippen LogP contribution < -0.4 is 0 Å². The molecule has 0 saturated heterocycles. The molecule has 0 nitrogen and oxygen atoms in total. The molecule has 0 aliphatic rings. The Balaban J connectivity index is 0. The van der Waals surface area contributed by atoms with E-state index in [0.29, 0.717) is 0 Å². The van der Waals surface area contributed by atoms with Gasteiger partial charge in [0.05, 0.1) is 0 Å². The fourth-order valence-corrected chi connectivity index (χ4v) is 0.427. The zero-order chi connectivity index (χ0) is 4.83. The van der Waals surface area contributed by atoms with Crippen molar-refractivity contribution in [2.75, 3.05) is 0 Å². The van der Waals surface area contributed by atoms with Crippen molar-refractivity contribution in [2.45, 2.75) is 32.6 Å². The van der Waals surface area contributed by atoms with E-state index in [2.05, 4.69) is 13.8 Å². The Labute approximate surface area is 61.0 Å². The monoisotopic (exact) mass is 183 g/mol. The minimum Gasteiger partial charge on any atom is -0.343 e. The Morgan fingerprint density at radius 3 is 2.00 bits per heavy atom. The van der Waals surface area contributed by atoms with Gasteiger partial charge in [0.25, 0.3) is 0 Å². The third-order valence-corrected chi connectivity index (χ3v) is 0.854. The summed E-state index contributed by atoms with van der Waals surface area (Å²) >= 11 is 0. The fourth-order valence-electron chi connectivity index (χ4n) is 0.427. The quantitative estimate of drug-likeness (QED) is 0.356. The van der Waals surface area contributed by atoms with E-state index < -0.39 is 0 Å². The van der Waals surface area contributed by atoms with Crippen molar-refractivity contribution >= 4 is 0 Å². The maximum Gasteiger partial charge on any atom is 0 e. The van der Waals surface area contributed by atoms with Gasteiger partial charge in [0.2, 0.25) is 0 Å². The van der Waals surface area contributed by atoms with Crippen LogP contribution in [-0.2, 0) is 21.1 Å². The van der Waals surface area contributed by atoms with Gasteiger partial charge in [-0.25, -0.2) is 0 Å². The van der Waals surface area contributed by atoms with Gasteiger partial charge in [-0.05, 0) is 0 Å². The van der Waals surface area contributed by atoms with E-state index in [1.165, 1.54) is 19.3 Å². The molecule has 0 spiro atoms. The van der Waals surface area contributed by atoms with Gasteiger partial charge in [0, 0.05) is 21.1 Å². The van der Waals surface area contributed by atoms with Crippen LogP contribution in [0.5, 0.6) is 0 Å². The molecule has 7 heavy (non-hydrogen) atoms. The van der Waals surface area contributed by atoms with Gasteiger partial charge < -0.3 is 6.92 Å². The second kappa shape index (κ2) is 9.85. The third kappa shape index (κ3) is 10.8. The first-order valence-electron chi connectivity index (χ1n) is 2.71. The minimum atomic E-state index is 0. The average Bonchev–Trinajstić information content (AvgIpc) is 1.61. The predicted molar refractivity (Wildman–Crippen MR) is 29.5 cm³/mol. The zero-order valence-corrected chi connectivity index (χ0v) is 6.95. The summed E-state index contributed by atoms with van der Waals surface area (Å²) in [6.45, 7) is 5.93. The molecule has 0 unspecified atom stereocenters. The molecule has 0 aliphatic heterocycles.